The van der Waals surface area contributed by atoms with Gasteiger partial charge >= 0.3 is 0 Å². The predicted octanol–water partition coefficient (Wildman–Crippen LogP) is 4.62. The molecule has 0 saturated carbocycles. The van der Waals surface area contributed by atoms with Crippen molar-refractivity contribution in [1.82, 2.24) is 14.7 Å². The fraction of sp³-hybridized carbons (Fsp3) is 0.300. The Balaban J connectivity index is 1.78. The van der Waals surface area contributed by atoms with Crippen LogP contribution in [-0.2, 0) is 0 Å². The Hall–Kier alpha value is -2.40. The van der Waals surface area contributed by atoms with E-state index in [0.717, 1.165) is 35.6 Å². The molecule has 0 N–H and O–H groups in total. The summed E-state index contributed by atoms with van der Waals surface area (Å²) in [5, 5.41) is 6.78. The largest absolute Gasteiger partial charge is 0.335 e. The van der Waals surface area contributed by atoms with Gasteiger partial charge in [-0.05, 0) is 55.8 Å². The minimum Gasteiger partial charge on any atom is -0.335 e. The number of rotatable bonds is 3. The van der Waals surface area contributed by atoms with Crippen LogP contribution in [0.2, 0.25) is 0 Å². The molecule has 1 atom stereocenters. The lowest BCUT2D eigenvalue weighted by Crippen LogP contribution is -2.42. The van der Waals surface area contributed by atoms with Crippen LogP contribution >= 0.6 is 11.3 Å². The summed E-state index contributed by atoms with van der Waals surface area (Å²) >= 11 is 1.64. The number of carbonyl (C=O) groups is 1. The van der Waals surface area contributed by atoms with Crippen LogP contribution in [0.5, 0.6) is 0 Å². The Morgan fingerprint density at radius 3 is 2.72 bits per heavy atom. The number of para-hydroxylation sites is 1. The van der Waals surface area contributed by atoms with Gasteiger partial charge in [0.15, 0.2) is 0 Å². The van der Waals surface area contributed by atoms with Gasteiger partial charge in [0.1, 0.15) is 11.4 Å². The molecule has 0 unspecified atom stereocenters. The smallest absolute Gasteiger partial charge is 0.272 e. The molecule has 0 aliphatic carbocycles. The summed E-state index contributed by atoms with van der Waals surface area (Å²) in [4.78, 5) is 16.3. The van der Waals surface area contributed by atoms with Crippen molar-refractivity contribution in [3.05, 3.63) is 59.6 Å². The third-order valence-corrected chi connectivity index (χ3v) is 5.66. The fourth-order valence-electron chi connectivity index (χ4n) is 3.39. The molecule has 4 nitrogen and oxygen atoms in total. The van der Waals surface area contributed by atoms with Gasteiger partial charge in [0.25, 0.3) is 5.91 Å². The number of nitrogens with zero attached hydrogens (tertiary/aromatic N) is 3. The number of hydrogen-bond donors (Lipinski definition) is 0. The van der Waals surface area contributed by atoms with E-state index in [1.54, 1.807) is 16.0 Å². The number of hydrogen-bond acceptors (Lipinski definition) is 3. The number of amides is 1. The van der Waals surface area contributed by atoms with E-state index in [9.17, 15) is 4.79 Å². The van der Waals surface area contributed by atoms with E-state index in [4.69, 9.17) is 5.10 Å². The van der Waals surface area contributed by atoms with Crippen molar-refractivity contribution in [3.8, 4) is 16.3 Å². The first-order valence-corrected chi connectivity index (χ1v) is 9.62. The molecule has 1 aliphatic heterocycles. The molecule has 128 valence electrons. The lowest BCUT2D eigenvalue weighted by molar-refractivity contribution is 0.0626. The molecule has 1 amide bonds. The summed E-state index contributed by atoms with van der Waals surface area (Å²) in [6.45, 7) is 2.97. The third-order valence-electron chi connectivity index (χ3n) is 4.77. The number of thiophene rings is 1. The Morgan fingerprint density at radius 2 is 2.00 bits per heavy atom. The zero-order valence-electron chi connectivity index (χ0n) is 14.3. The van der Waals surface area contributed by atoms with Crippen molar-refractivity contribution in [3.63, 3.8) is 0 Å². The number of benzene rings is 1. The Labute approximate surface area is 151 Å². The Bertz CT molecular complexity index is 854. The first-order chi connectivity index (χ1) is 12.2. The average molecular weight is 351 g/mol. The van der Waals surface area contributed by atoms with E-state index in [-0.39, 0.29) is 11.9 Å². The summed E-state index contributed by atoms with van der Waals surface area (Å²) in [5.41, 5.74) is 2.41. The molecule has 4 rings (SSSR count). The molecular formula is C20H21N3OS. The fourth-order valence-corrected chi connectivity index (χ4v) is 4.07. The molecule has 3 heterocycles. The van der Waals surface area contributed by atoms with E-state index < -0.39 is 0 Å². The van der Waals surface area contributed by atoms with Crippen LogP contribution in [0.3, 0.4) is 0 Å². The van der Waals surface area contributed by atoms with Gasteiger partial charge in [-0.3, -0.25) is 4.79 Å². The van der Waals surface area contributed by atoms with E-state index in [0.29, 0.717) is 5.69 Å². The average Bonchev–Trinajstić information content (AvgIpc) is 3.32. The molecule has 1 aliphatic rings. The van der Waals surface area contributed by atoms with Crippen LogP contribution in [-0.4, -0.2) is 33.2 Å². The highest BCUT2D eigenvalue weighted by molar-refractivity contribution is 7.13. The maximum atomic E-state index is 13.3. The zero-order chi connectivity index (χ0) is 17.2. The molecule has 1 aromatic carbocycles. The number of likely N-dealkylation sites (tertiary alicyclic amines) is 1. The van der Waals surface area contributed by atoms with Crippen LogP contribution in [0.4, 0.5) is 0 Å². The molecule has 3 aromatic rings. The minimum atomic E-state index is 0.0753. The highest BCUT2D eigenvalue weighted by atomic mass is 32.1. The van der Waals surface area contributed by atoms with Crippen molar-refractivity contribution >= 4 is 17.2 Å². The second-order valence-electron chi connectivity index (χ2n) is 6.48. The first-order valence-electron chi connectivity index (χ1n) is 8.74. The van der Waals surface area contributed by atoms with Gasteiger partial charge < -0.3 is 4.90 Å². The van der Waals surface area contributed by atoms with Crippen LogP contribution in [0.15, 0.2) is 53.9 Å². The maximum absolute atomic E-state index is 13.3. The molecule has 0 bridgehead atoms. The molecule has 5 heteroatoms. The standard InChI is InChI=1S/C20H21N3OS/c1-15-8-5-6-12-22(15)20(24)18-14-17(19-11-7-13-25-19)21-23(18)16-9-3-2-4-10-16/h2-4,7,9-11,13-15H,5-6,8,12H2,1H3/t15-/m1/s1. The Kier molecular flexibility index (Phi) is 4.40. The number of aromatic nitrogens is 2. The van der Waals surface area contributed by atoms with Gasteiger partial charge in [0.2, 0.25) is 0 Å². The Morgan fingerprint density at radius 1 is 1.16 bits per heavy atom. The summed E-state index contributed by atoms with van der Waals surface area (Å²) in [6, 6.07) is 16.2. The van der Waals surface area contributed by atoms with Crippen LogP contribution < -0.4 is 0 Å². The molecule has 1 fully saturated rings. The maximum Gasteiger partial charge on any atom is 0.272 e. The van der Waals surface area contributed by atoms with Crippen molar-refractivity contribution < 1.29 is 4.79 Å². The van der Waals surface area contributed by atoms with Crippen molar-refractivity contribution in [2.45, 2.75) is 32.2 Å². The minimum absolute atomic E-state index is 0.0753. The monoisotopic (exact) mass is 351 g/mol. The molecule has 1 saturated heterocycles. The highest BCUT2D eigenvalue weighted by Crippen LogP contribution is 2.27. The van der Waals surface area contributed by atoms with E-state index in [2.05, 4.69) is 6.92 Å². The number of piperidine rings is 1. The molecule has 25 heavy (non-hydrogen) atoms. The van der Waals surface area contributed by atoms with Crippen LogP contribution in [0.25, 0.3) is 16.3 Å². The predicted molar refractivity (Wildman–Crippen MR) is 101 cm³/mol. The van der Waals surface area contributed by atoms with E-state index in [1.165, 1.54) is 6.42 Å². The van der Waals surface area contributed by atoms with Gasteiger partial charge in [-0.15, -0.1) is 11.3 Å². The topological polar surface area (TPSA) is 38.1 Å². The normalized spacial score (nSPS) is 17.6. The highest BCUT2D eigenvalue weighted by Gasteiger charge is 2.28. The second-order valence-corrected chi connectivity index (χ2v) is 7.43. The lowest BCUT2D eigenvalue weighted by atomic mass is 10.0. The summed E-state index contributed by atoms with van der Waals surface area (Å²) in [6.07, 6.45) is 3.35. The third kappa shape index (κ3) is 3.12. The lowest BCUT2D eigenvalue weighted by Gasteiger charge is -2.33. The van der Waals surface area contributed by atoms with Gasteiger partial charge in [-0.2, -0.15) is 5.10 Å². The van der Waals surface area contributed by atoms with Crippen molar-refractivity contribution in [2.24, 2.45) is 0 Å². The van der Waals surface area contributed by atoms with E-state index in [1.807, 2.05) is 58.8 Å². The van der Waals surface area contributed by atoms with Gasteiger partial charge in [-0.25, -0.2) is 4.68 Å². The zero-order valence-corrected chi connectivity index (χ0v) is 15.1. The number of carbonyl (C=O) groups excluding carboxylic acids is 1. The second kappa shape index (κ2) is 6.84. The molecule has 2 aromatic heterocycles. The van der Waals surface area contributed by atoms with E-state index >= 15 is 0 Å². The van der Waals surface area contributed by atoms with Crippen LogP contribution in [0.1, 0.15) is 36.7 Å². The summed E-state index contributed by atoms with van der Waals surface area (Å²) in [7, 11) is 0. The van der Waals surface area contributed by atoms with Gasteiger partial charge in [-0.1, -0.05) is 24.3 Å². The van der Waals surface area contributed by atoms with Gasteiger partial charge in [0.05, 0.1) is 10.6 Å². The SMILES string of the molecule is C[C@@H]1CCCCN1C(=O)c1cc(-c2cccs2)nn1-c1ccccc1. The molecular weight excluding hydrogens is 330 g/mol. The summed E-state index contributed by atoms with van der Waals surface area (Å²) in [5.74, 6) is 0.0753. The van der Waals surface area contributed by atoms with Gasteiger partial charge in [0, 0.05) is 12.6 Å². The summed E-state index contributed by atoms with van der Waals surface area (Å²) < 4.78 is 1.79. The van der Waals surface area contributed by atoms with Crippen LogP contribution in [0, 0.1) is 0 Å². The quantitative estimate of drug-likeness (QED) is 0.691. The molecule has 0 radical (unpaired) electrons. The first kappa shape index (κ1) is 16.1. The molecule has 0 spiro atoms. The van der Waals surface area contributed by atoms with Crippen molar-refractivity contribution in [1.29, 1.82) is 0 Å². The van der Waals surface area contributed by atoms with Crippen molar-refractivity contribution in [2.75, 3.05) is 6.54 Å².